The van der Waals surface area contributed by atoms with Crippen molar-refractivity contribution in [2.24, 2.45) is 0 Å². The zero-order chi connectivity index (χ0) is 27.7. The fourth-order valence-electron chi connectivity index (χ4n) is 4.46. The molecule has 0 amide bonds. The molecule has 11 heteroatoms. The lowest BCUT2D eigenvalue weighted by Gasteiger charge is -2.23. The highest BCUT2D eigenvalue weighted by atomic mass is 35.5. The van der Waals surface area contributed by atoms with E-state index in [1.165, 1.54) is 0 Å². The van der Waals surface area contributed by atoms with Crippen molar-refractivity contribution in [2.45, 2.75) is 13.0 Å². The number of aromatic nitrogens is 3. The van der Waals surface area contributed by atoms with Crippen LogP contribution in [0.3, 0.4) is 0 Å². The van der Waals surface area contributed by atoms with Gasteiger partial charge < -0.3 is 11.1 Å². The highest BCUT2D eigenvalue weighted by Gasteiger charge is 2.20. The number of anilines is 3. The highest BCUT2D eigenvalue weighted by molar-refractivity contribution is 7.92. The van der Waals surface area contributed by atoms with Crippen LogP contribution in [0.15, 0.2) is 89.9 Å². The summed E-state index contributed by atoms with van der Waals surface area (Å²) >= 11 is 6.44. The number of hydrogen-bond acceptors (Lipinski definition) is 7. The third-order valence-corrected chi connectivity index (χ3v) is 7.04. The topological polar surface area (TPSA) is 132 Å². The zero-order valence-electron chi connectivity index (χ0n) is 21.1. The molecule has 0 saturated heterocycles. The predicted octanol–water partition coefficient (Wildman–Crippen LogP) is 5.23. The van der Waals surface area contributed by atoms with Crippen LogP contribution in [0.1, 0.15) is 18.7 Å². The highest BCUT2D eigenvalue weighted by Crippen LogP contribution is 2.32. The molecule has 39 heavy (non-hydrogen) atoms. The molecule has 0 spiro atoms. The van der Waals surface area contributed by atoms with E-state index in [2.05, 4.69) is 20.0 Å². The number of halogens is 1. The fourth-order valence-corrected chi connectivity index (χ4v) is 5.28. The summed E-state index contributed by atoms with van der Waals surface area (Å²) in [5.41, 5.74) is 8.74. The second-order valence-corrected chi connectivity index (χ2v) is 11.2. The van der Waals surface area contributed by atoms with Gasteiger partial charge in [0.25, 0.3) is 5.56 Å². The van der Waals surface area contributed by atoms with Gasteiger partial charge in [-0.25, -0.2) is 13.4 Å². The molecule has 0 saturated carbocycles. The average Bonchev–Trinajstić information content (AvgIpc) is 2.88. The number of nitrogens with two attached hydrogens (primary N) is 1. The molecule has 0 fully saturated rings. The first kappa shape index (κ1) is 26.2. The molecular formula is C28H25ClN6O3S. The van der Waals surface area contributed by atoms with Crippen LogP contribution in [0, 0.1) is 0 Å². The number of benzene rings is 3. The Hall–Kier alpha value is -4.41. The SMILES string of the molecule is CC(Nc1nc(N)ncc1-c1cccc(NS(C)(=O)=O)c1)c1cc2cccc(Cl)c2c(=O)n1-c1ccccc1. The maximum absolute atomic E-state index is 13.8. The van der Waals surface area contributed by atoms with Gasteiger partial charge in [-0.2, -0.15) is 4.98 Å². The predicted molar refractivity (Wildman–Crippen MR) is 157 cm³/mol. The van der Waals surface area contributed by atoms with Gasteiger partial charge in [-0.05, 0) is 54.3 Å². The molecule has 0 bridgehead atoms. The minimum absolute atomic E-state index is 0.0598. The summed E-state index contributed by atoms with van der Waals surface area (Å²) in [6.45, 7) is 1.91. The average molecular weight is 561 g/mol. The first-order chi connectivity index (χ1) is 18.6. The van der Waals surface area contributed by atoms with Crippen molar-refractivity contribution in [2.75, 3.05) is 22.0 Å². The van der Waals surface area contributed by atoms with Gasteiger partial charge in [0.15, 0.2) is 0 Å². The minimum Gasteiger partial charge on any atom is -0.368 e. The van der Waals surface area contributed by atoms with Gasteiger partial charge in [-0.15, -0.1) is 0 Å². The molecule has 198 valence electrons. The molecule has 0 aliphatic rings. The van der Waals surface area contributed by atoms with Gasteiger partial charge in [0.2, 0.25) is 16.0 Å². The molecule has 5 aromatic rings. The van der Waals surface area contributed by atoms with E-state index < -0.39 is 16.1 Å². The smallest absolute Gasteiger partial charge is 0.264 e. The summed E-state index contributed by atoms with van der Waals surface area (Å²) in [6.07, 6.45) is 2.66. The van der Waals surface area contributed by atoms with Crippen LogP contribution in [-0.4, -0.2) is 29.2 Å². The first-order valence-electron chi connectivity index (χ1n) is 12.0. The van der Waals surface area contributed by atoms with Crippen LogP contribution in [0.5, 0.6) is 0 Å². The Labute approximate surface area is 230 Å². The third kappa shape index (κ3) is 5.57. The molecule has 2 aromatic heterocycles. The van der Waals surface area contributed by atoms with Crippen molar-refractivity contribution >= 4 is 49.9 Å². The molecule has 0 aliphatic heterocycles. The van der Waals surface area contributed by atoms with Gasteiger partial charge in [0.1, 0.15) is 5.82 Å². The van der Waals surface area contributed by atoms with Gasteiger partial charge in [-0.3, -0.25) is 14.1 Å². The summed E-state index contributed by atoms with van der Waals surface area (Å²) in [5.74, 6) is 0.481. The lowest BCUT2D eigenvalue weighted by molar-refractivity contribution is 0.607. The molecule has 1 unspecified atom stereocenters. The van der Waals surface area contributed by atoms with E-state index in [4.69, 9.17) is 17.3 Å². The van der Waals surface area contributed by atoms with Crippen LogP contribution >= 0.6 is 11.6 Å². The molecular weight excluding hydrogens is 536 g/mol. The van der Waals surface area contributed by atoms with E-state index in [1.54, 1.807) is 41.1 Å². The molecule has 3 aromatic carbocycles. The Morgan fingerprint density at radius 2 is 1.74 bits per heavy atom. The lowest BCUT2D eigenvalue weighted by atomic mass is 10.1. The van der Waals surface area contributed by atoms with Gasteiger partial charge in [0.05, 0.1) is 22.7 Å². The van der Waals surface area contributed by atoms with E-state index in [0.29, 0.717) is 49.8 Å². The largest absolute Gasteiger partial charge is 0.368 e. The lowest BCUT2D eigenvalue weighted by Crippen LogP contribution is -2.26. The van der Waals surface area contributed by atoms with E-state index in [0.717, 1.165) is 6.26 Å². The summed E-state index contributed by atoms with van der Waals surface area (Å²) in [5, 5.41) is 4.91. The molecule has 0 radical (unpaired) electrons. The Kier molecular flexibility index (Phi) is 6.98. The second kappa shape index (κ2) is 10.4. The van der Waals surface area contributed by atoms with Crippen molar-refractivity contribution in [3.05, 3.63) is 106 Å². The first-order valence-corrected chi connectivity index (χ1v) is 14.2. The number of hydrogen-bond donors (Lipinski definition) is 3. The zero-order valence-corrected chi connectivity index (χ0v) is 22.7. The Bertz CT molecular complexity index is 1860. The number of nitrogens with zero attached hydrogens (tertiary/aromatic N) is 3. The fraction of sp³-hybridized carbons (Fsp3) is 0.107. The molecule has 5 rings (SSSR count). The van der Waals surface area contributed by atoms with Crippen molar-refractivity contribution in [1.29, 1.82) is 0 Å². The maximum Gasteiger partial charge on any atom is 0.264 e. The number of nitrogen functional groups attached to an aromatic ring is 1. The van der Waals surface area contributed by atoms with Crippen LogP contribution in [0.2, 0.25) is 5.02 Å². The number of fused-ring (bicyclic) bond motifs is 1. The minimum atomic E-state index is -3.46. The van der Waals surface area contributed by atoms with E-state index in [9.17, 15) is 13.2 Å². The van der Waals surface area contributed by atoms with Crippen LogP contribution in [0.25, 0.3) is 27.6 Å². The maximum atomic E-state index is 13.8. The molecule has 4 N–H and O–H groups in total. The van der Waals surface area contributed by atoms with Crippen LogP contribution in [-0.2, 0) is 10.0 Å². The number of nitrogens with one attached hydrogen (secondary N) is 2. The standard InChI is InChI=1S/C28H25ClN6O3S/c1-17(24-15-19-9-7-13-23(29)25(19)27(36)35(24)21-11-4-3-5-12-21)32-26-22(16-31-28(30)33-26)18-8-6-10-20(14-18)34-39(2,37)38/h3-17,34H,1-2H3,(H3,30,31,32,33). The number of sulfonamides is 1. The van der Waals surface area contributed by atoms with Gasteiger partial charge >= 0.3 is 0 Å². The van der Waals surface area contributed by atoms with Gasteiger partial charge in [-0.1, -0.05) is 54.1 Å². The molecule has 9 nitrogen and oxygen atoms in total. The Balaban J connectivity index is 1.63. The normalized spacial score (nSPS) is 12.3. The Morgan fingerprint density at radius 1 is 1.00 bits per heavy atom. The quantitative estimate of drug-likeness (QED) is 0.248. The summed E-state index contributed by atoms with van der Waals surface area (Å²) in [7, 11) is -3.46. The second-order valence-electron chi connectivity index (χ2n) is 9.06. The number of para-hydroxylation sites is 1. The molecule has 1 atom stereocenters. The monoisotopic (exact) mass is 560 g/mol. The van der Waals surface area contributed by atoms with E-state index in [-0.39, 0.29) is 11.5 Å². The van der Waals surface area contributed by atoms with Crippen molar-refractivity contribution in [3.63, 3.8) is 0 Å². The van der Waals surface area contributed by atoms with Crippen LogP contribution < -0.4 is 21.3 Å². The van der Waals surface area contributed by atoms with Crippen molar-refractivity contribution in [3.8, 4) is 16.8 Å². The Morgan fingerprint density at radius 3 is 2.49 bits per heavy atom. The third-order valence-electron chi connectivity index (χ3n) is 6.12. The van der Waals surface area contributed by atoms with Crippen molar-refractivity contribution in [1.82, 2.24) is 14.5 Å². The van der Waals surface area contributed by atoms with Crippen molar-refractivity contribution < 1.29 is 8.42 Å². The summed E-state index contributed by atoms with van der Waals surface area (Å²) < 4.78 is 27.6. The van der Waals surface area contributed by atoms with Crippen LogP contribution in [0.4, 0.5) is 17.5 Å². The van der Waals surface area contributed by atoms with Gasteiger partial charge in [0, 0.05) is 28.8 Å². The summed E-state index contributed by atoms with van der Waals surface area (Å²) in [4.78, 5) is 22.3. The van der Waals surface area contributed by atoms with E-state index in [1.807, 2.05) is 55.5 Å². The number of rotatable bonds is 7. The number of pyridine rings is 1. The summed E-state index contributed by atoms with van der Waals surface area (Å²) in [6, 6.07) is 23.1. The molecule has 2 heterocycles. The van der Waals surface area contributed by atoms with E-state index >= 15 is 0 Å². The molecule has 0 aliphatic carbocycles.